The van der Waals surface area contributed by atoms with Crippen LogP contribution in [0.2, 0.25) is 0 Å². The second kappa shape index (κ2) is 6.45. The van der Waals surface area contributed by atoms with Crippen LogP contribution >= 0.6 is 0 Å². The zero-order valence-electron chi connectivity index (χ0n) is 12.1. The summed E-state index contributed by atoms with van der Waals surface area (Å²) in [5, 5.41) is 9.96. The molecule has 0 aromatic carbocycles. The molecule has 0 aliphatic heterocycles. The maximum absolute atomic E-state index is 12.0. The van der Waals surface area contributed by atoms with Crippen molar-refractivity contribution in [3.63, 3.8) is 0 Å². The van der Waals surface area contributed by atoms with Gasteiger partial charge in [-0.2, -0.15) is 0 Å². The van der Waals surface area contributed by atoms with Crippen LogP contribution in [-0.4, -0.2) is 23.3 Å². The van der Waals surface area contributed by atoms with E-state index in [9.17, 15) is 9.90 Å². The van der Waals surface area contributed by atoms with E-state index < -0.39 is 0 Å². The van der Waals surface area contributed by atoms with Crippen LogP contribution in [0.4, 0.5) is 0 Å². The number of nitrogens with zero attached hydrogens (tertiary/aromatic N) is 2. The van der Waals surface area contributed by atoms with Gasteiger partial charge in [0.1, 0.15) is 5.76 Å². The number of carbonyl (C=O) groups is 1. The number of aliphatic hydroxyl groups excluding tert-OH is 1. The van der Waals surface area contributed by atoms with Gasteiger partial charge in [0, 0.05) is 31.5 Å². The molecule has 0 bridgehead atoms. The molecular formula is C15H22N2O2. The fourth-order valence-electron chi connectivity index (χ4n) is 1.97. The molecule has 1 N–H and O–H groups in total. The lowest BCUT2D eigenvalue weighted by molar-refractivity contribution is -0.117. The molecule has 0 saturated carbocycles. The zero-order valence-corrected chi connectivity index (χ0v) is 12.1. The highest BCUT2D eigenvalue weighted by Crippen LogP contribution is 2.35. The molecule has 0 atom stereocenters. The van der Waals surface area contributed by atoms with Crippen molar-refractivity contribution in [2.75, 3.05) is 0 Å². The van der Waals surface area contributed by atoms with Crippen LogP contribution in [0.25, 0.3) is 0 Å². The summed E-state index contributed by atoms with van der Waals surface area (Å²) in [7, 11) is 0. The Kier molecular flexibility index (Phi) is 5.21. The normalized spacial score (nSPS) is 20.8. The second-order valence-electron chi connectivity index (χ2n) is 5.44. The van der Waals surface area contributed by atoms with Crippen molar-refractivity contribution in [2.24, 2.45) is 15.4 Å². The van der Waals surface area contributed by atoms with E-state index in [2.05, 4.69) is 9.98 Å². The first-order valence-corrected chi connectivity index (χ1v) is 6.56. The van der Waals surface area contributed by atoms with E-state index in [0.29, 0.717) is 18.4 Å². The maximum atomic E-state index is 12.0. The Morgan fingerprint density at radius 2 is 2.11 bits per heavy atom. The third-order valence-corrected chi connectivity index (χ3v) is 2.99. The van der Waals surface area contributed by atoms with E-state index in [4.69, 9.17) is 0 Å². The summed E-state index contributed by atoms with van der Waals surface area (Å²) in [6.45, 7) is 7.74. The molecule has 0 spiro atoms. The van der Waals surface area contributed by atoms with E-state index >= 15 is 0 Å². The highest BCUT2D eigenvalue weighted by atomic mass is 16.3. The van der Waals surface area contributed by atoms with Crippen LogP contribution < -0.4 is 0 Å². The SMILES string of the molecule is CC=N/C=C(\CC)N=CC1=C(O)CC(C)(C)CC1=O. The number of Topliss-reactive ketones (excluding diaryl/α,β-unsaturated/α-hetero) is 1. The second-order valence-corrected chi connectivity index (χ2v) is 5.44. The molecule has 4 nitrogen and oxygen atoms in total. The number of allylic oxidation sites excluding steroid dienone is 3. The first-order valence-electron chi connectivity index (χ1n) is 6.56. The Labute approximate surface area is 114 Å². The minimum absolute atomic E-state index is 0.0491. The number of rotatable bonds is 4. The van der Waals surface area contributed by atoms with Gasteiger partial charge in [0.2, 0.25) is 0 Å². The molecule has 1 aliphatic rings. The van der Waals surface area contributed by atoms with Gasteiger partial charge in [0.05, 0.1) is 11.3 Å². The molecule has 0 aromatic rings. The maximum Gasteiger partial charge on any atom is 0.168 e. The summed E-state index contributed by atoms with van der Waals surface area (Å²) < 4.78 is 0. The number of hydrogen-bond donors (Lipinski definition) is 1. The van der Waals surface area contributed by atoms with Crippen molar-refractivity contribution in [1.29, 1.82) is 0 Å². The minimum Gasteiger partial charge on any atom is -0.511 e. The highest BCUT2D eigenvalue weighted by molar-refractivity contribution is 6.14. The lowest BCUT2D eigenvalue weighted by atomic mass is 9.77. The van der Waals surface area contributed by atoms with E-state index in [1.807, 2.05) is 27.7 Å². The molecule has 0 aromatic heterocycles. The molecule has 19 heavy (non-hydrogen) atoms. The van der Waals surface area contributed by atoms with Gasteiger partial charge < -0.3 is 5.11 Å². The summed E-state index contributed by atoms with van der Waals surface area (Å²) in [4.78, 5) is 20.2. The molecule has 0 radical (unpaired) electrons. The summed E-state index contributed by atoms with van der Waals surface area (Å²) in [6, 6.07) is 0. The summed E-state index contributed by atoms with van der Waals surface area (Å²) >= 11 is 0. The Morgan fingerprint density at radius 1 is 1.42 bits per heavy atom. The number of aliphatic hydroxyl groups is 1. The lowest BCUT2D eigenvalue weighted by Gasteiger charge is -2.28. The van der Waals surface area contributed by atoms with E-state index in [0.717, 1.165) is 12.1 Å². The van der Waals surface area contributed by atoms with Crippen molar-refractivity contribution in [1.82, 2.24) is 0 Å². The zero-order chi connectivity index (χ0) is 14.5. The molecule has 1 aliphatic carbocycles. The molecule has 0 heterocycles. The van der Waals surface area contributed by atoms with Gasteiger partial charge in [0.25, 0.3) is 0 Å². The van der Waals surface area contributed by atoms with Gasteiger partial charge in [-0.3, -0.25) is 14.8 Å². The van der Waals surface area contributed by atoms with Gasteiger partial charge in [-0.15, -0.1) is 0 Å². The van der Waals surface area contributed by atoms with E-state index in [1.54, 1.807) is 12.4 Å². The molecule has 0 amide bonds. The molecule has 0 unspecified atom stereocenters. The van der Waals surface area contributed by atoms with Crippen molar-refractivity contribution >= 4 is 18.2 Å². The first-order chi connectivity index (χ1) is 8.89. The molecule has 4 heteroatoms. The van der Waals surface area contributed by atoms with Crippen LogP contribution in [0.15, 0.2) is 33.2 Å². The minimum atomic E-state index is -0.172. The van der Waals surface area contributed by atoms with Gasteiger partial charge in [-0.1, -0.05) is 20.8 Å². The van der Waals surface area contributed by atoms with E-state index in [-0.39, 0.29) is 17.0 Å². The quantitative estimate of drug-likeness (QED) is 0.787. The fourth-order valence-corrected chi connectivity index (χ4v) is 1.97. The summed E-state index contributed by atoms with van der Waals surface area (Å²) in [5.74, 6) is 0.0893. The Hall–Kier alpha value is -1.71. The fraction of sp³-hybridized carbons (Fsp3) is 0.533. The van der Waals surface area contributed by atoms with Gasteiger partial charge in [0.15, 0.2) is 5.78 Å². The lowest BCUT2D eigenvalue weighted by Crippen LogP contribution is -2.26. The van der Waals surface area contributed by atoms with Crippen molar-refractivity contribution in [3.8, 4) is 0 Å². The number of aliphatic imine (C=N–C) groups is 2. The predicted molar refractivity (Wildman–Crippen MR) is 78.7 cm³/mol. The molecule has 0 fully saturated rings. The third-order valence-electron chi connectivity index (χ3n) is 2.99. The molecule has 104 valence electrons. The number of hydrogen-bond acceptors (Lipinski definition) is 4. The average molecular weight is 262 g/mol. The standard InChI is InChI=1S/C15H22N2O2/c1-5-11(9-16-6-2)17-10-12-13(18)7-15(3,4)8-14(12)19/h6,9-10,18H,5,7-8H2,1-4H3/b11-9+,16-6?,17-10?. The highest BCUT2D eigenvalue weighted by Gasteiger charge is 2.32. The summed E-state index contributed by atoms with van der Waals surface area (Å²) in [6.07, 6.45) is 6.48. The predicted octanol–water partition coefficient (Wildman–Crippen LogP) is 3.60. The van der Waals surface area contributed by atoms with Crippen molar-refractivity contribution < 1.29 is 9.90 Å². The first kappa shape index (κ1) is 15.3. The van der Waals surface area contributed by atoms with Crippen molar-refractivity contribution in [3.05, 3.63) is 23.2 Å². The number of carbonyl (C=O) groups excluding carboxylic acids is 1. The summed E-state index contributed by atoms with van der Waals surface area (Å²) in [5.41, 5.74) is 0.934. The Balaban J connectivity index is 2.95. The van der Waals surface area contributed by atoms with Crippen LogP contribution in [-0.2, 0) is 4.79 Å². The largest absolute Gasteiger partial charge is 0.511 e. The van der Waals surface area contributed by atoms with Gasteiger partial charge in [-0.25, -0.2) is 0 Å². The monoisotopic (exact) mass is 262 g/mol. The van der Waals surface area contributed by atoms with Gasteiger partial charge >= 0.3 is 0 Å². The van der Waals surface area contributed by atoms with Crippen molar-refractivity contribution in [2.45, 2.75) is 47.0 Å². The van der Waals surface area contributed by atoms with Crippen LogP contribution in [0.3, 0.4) is 0 Å². The van der Waals surface area contributed by atoms with E-state index in [1.165, 1.54) is 6.21 Å². The molecular weight excluding hydrogens is 240 g/mol. The topological polar surface area (TPSA) is 62.0 Å². The van der Waals surface area contributed by atoms with Crippen LogP contribution in [0.1, 0.15) is 47.0 Å². The van der Waals surface area contributed by atoms with Crippen LogP contribution in [0.5, 0.6) is 0 Å². The van der Waals surface area contributed by atoms with Gasteiger partial charge in [-0.05, 0) is 18.8 Å². The number of ketones is 1. The average Bonchev–Trinajstić information content (AvgIpc) is 2.30. The molecule has 1 rings (SSSR count). The van der Waals surface area contributed by atoms with Crippen LogP contribution in [0, 0.1) is 5.41 Å². The smallest absolute Gasteiger partial charge is 0.168 e. The molecule has 0 saturated heterocycles. The Bertz CT molecular complexity index is 469. The Morgan fingerprint density at radius 3 is 2.63 bits per heavy atom. The third kappa shape index (κ3) is 4.47.